The van der Waals surface area contributed by atoms with Crippen molar-refractivity contribution in [3.8, 4) is 11.1 Å². The van der Waals surface area contributed by atoms with E-state index in [1.165, 1.54) is 35.1 Å². The van der Waals surface area contributed by atoms with Gasteiger partial charge in [-0.1, -0.05) is 29.8 Å². The van der Waals surface area contributed by atoms with Crippen molar-refractivity contribution in [2.75, 3.05) is 5.73 Å². The fourth-order valence-corrected chi connectivity index (χ4v) is 2.77. The van der Waals surface area contributed by atoms with Gasteiger partial charge in [-0.05, 0) is 54.2 Å². The van der Waals surface area contributed by atoms with Crippen molar-refractivity contribution in [2.45, 2.75) is 19.3 Å². The SMILES string of the molecule is Nc1ccc2c(c1-c1ccc(Cl)cc1)CCC2. The summed E-state index contributed by atoms with van der Waals surface area (Å²) in [7, 11) is 0. The predicted molar refractivity (Wildman–Crippen MR) is 73.3 cm³/mol. The van der Waals surface area contributed by atoms with E-state index in [1.807, 2.05) is 30.3 Å². The van der Waals surface area contributed by atoms with Crippen LogP contribution in [0.15, 0.2) is 36.4 Å². The maximum absolute atomic E-state index is 6.13. The molecule has 1 aliphatic rings. The first kappa shape index (κ1) is 10.7. The number of halogens is 1. The molecule has 0 spiro atoms. The van der Waals surface area contributed by atoms with E-state index in [9.17, 15) is 0 Å². The lowest BCUT2D eigenvalue weighted by Gasteiger charge is -2.12. The molecule has 86 valence electrons. The first-order chi connectivity index (χ1) is 8.25. The molecule has 0 heterocycles. The van der Waals surface area contributed by atoms with E-state index in [1.54, 1.807) is 0 Å². The van der Waals surface area contributed by atoms with Crippen LogP contribution in [0.5, 0.6) is 0 Å². The smallest absolute Gasteiger partial charge is 0.0406 e. The minimum absolute atomic E-state index is 0.764. The summed E-state index contributed by atoms with van der Waals surface area (Å²) in [6, 6.07) is 12.1. The number of nitrogen functional groups attached to an aromatic ring is 1. The molecule has 0 aromatic heterocycles. The average molecular weight is 244 g/mol. The van der Waals surface area contributed by atoms with E-state index >= 15 is 0 Å². The lowest BCUT2D eigenvalue weighted by atomic mass is 9.95. The number of hydrogen-bond donors (Lipinski definition) is 1. The number of hydrogen-bond acceptors (Lipinski definition) is 1. The highest BCUT2D eigenvalue weighted by atomic mass is 35.5. The van der Waals surface area contributed by atoms with Crippen molar-refractivity contribution in [2.24, 2.45) is 0 Å². The Morgan fingerprint density at radius 2 is 1.71 bits per heavy atom. The van der Waals surface area contributed by atoms with Crippen LogP contribution in [-0.4, -0.2) is 0 Å². The van der Waals surface area contributed by atoms with Gasteiger partial charge in [0.25, 0.3) is 0 Å². The van der Waals surface area contributed by atoms with Crippen LogP contribution in [-0.2, 0) is 12.8 Å². The van der Waals surface area contributed by atoms with Gasteiger partial charge in [0.1, 0.15) is 0 Å². The van der Waals surface area contributed by atoms with Gasteiger partial charge in [0, 0.05) is 16.3 Å². The van der Waals surface area contributed by atoms with Gasteiger partial charge in [0.2, 0.25) is 0 Å². The molecule has 0 saturated heterocycles. The van der Waals surface area contributed by atoms with Crippen molar-refractivity contribution in [1.29, 1.82) is 0 Å². The zero-order chi connectivity index (χ0) is 11.8. The number of fused-ring (bicyclic) bond motifs is 1. The van der Waals surface area contributed by atoms with E-state index in [0.29, 0.717) is 0 Å². The Morgan fingerprint density at radius 3 is 2.47 bits per heavy atom. The molecule has 2 aromatic rings. The number of benzene rings is 2. The standard InChI is InChI=1S/C15H14ClN/c16-12-7-4-11(5-8-12)15-13-3-1-2-10(13)6-9-14(15)17/h4-9H,1-3,17H2. The van der Waals surface area contributed by atoms with Crippen LogP contribution < -0.4 is 5.73 Å². The summed E-state index contributed by atoms with van der Waals surface area (Å²) < 4.78 is 0. The monoisotopic (exact) mass is 243 g/mol. The molecule has 0 aliphatic heterocycles. The molecular formula is C15H14ClN. The highest BCUT2D eigenvalue weighted by Crippen LogP contribution is 2.36. The maximum atomic E-state index is 6.13. The quantitative estimate of drug-likeness (QED) is 0.751. The molecule has 1 aliphatic carbocycles. The third-order valence-corrected chi connectivity index (χ3v) is 3.70. The molecule has 2 aromatic carbocycles. The lowest BCUT2D eigenvalue weighted by molar-refractivity contribution is 0.912. The molecule has 1 nitrogen and oxygen atoms in total. The maximum Gasteiger partial charge on any atom is 0.0406 e. The van der Waals surface area contributed by atoms with Crippen molar-refractivity contribution in [3.63, 3.8) is 0 Å². The average Bonchev–Trinajstić information content (AvgIpc) is 2.79. The second kappa shape index (κ2) is 4.08. The van der Waals surface area contributed by atoms with Crippen LogP contribution in [0.3, 0.4) is 0 Å². The van der Waals surface area contributed by atoms with Gasteiger partial charge in [-0.15, -0.1) is 0 Å². The second-order valence-corrected chi connectivity index (χ2v) is 4.96. The van der Waals surface area contributed by atoms with E-state index < -0.39 is 0 Å². The van der Waals surface area contributed by atoms with Crippen LogP contribution in [0.4, 0.5) is 5.69 Å². The molecule has 17 heavy (non-hydrogen) atoms. The summed E-state index contributed by atoms with van der Waals surface area (Å²) in [5, 5.41) is 0.764. The Bertz CT molecular complexity index is 558. The van der Waals surface area contributed by atoms with Gasteiger partial charge < -0.3 is 5.73 Å². The number of aryl methyl sites for hydroxylation is 1. The fraction of sp³-hybridized carbons (Fsp3) is 0.200. The van der Waals surface area contributed by atoms with E-state index in [4.69, 9.17) is 17.3 Å². The van der Waals surface area contributed by atoms with Gasteiger partial charge in [-0.25, -0.2) is 0 Å². The summed E-state index contributed by atoms with van der Waals surface area (Å²) in [4.78, 5) is 0. The molecule has 2 N–H and O–H groups in total. The van der Waals surface area contributed by atoms with Crippen molar-refractivity contribution < 1.29 is 0 Å². The first-order valence-electron chi connectivity index (χ1n) is 5.92. The highest BCUT2D eigenvalue weighted by molar-refractivity contribution is 6.30. The Kier molecular flexibility index (Phi) is 2.56. The number of anilines is 1. The van der Waals surface area contributed by atoms with E-state index in [-0.39, 0.29) is 0 Å². The van der Waals surface area contributed by atoms with E-state index in [2.05, 4.69) is 6.07 Å². The fourth-order valence-electron chi connectivity index (χ4n) is 2.64. The largest absolute Gasteiger partial charge is 0.398 e. The Morgan fingerprint density at radius 1 is 0.941 bits per heavy atom. The molecule has 0 amide bonds. The van der Waals surface area contributed by atoms with Crippen LogP contribution >= 0.6 is 11.6 Å². The zero-order valence-corrected chi connectivity index (χ0v) is 10.3. The molecule has 0 fully saturated rings. The van der Waals surface area contributed by atoms with Crippen molar-refractivity contribution >= 4 is 17.3 Å². The van der Waals surface area contributed by atoms with Crippen molar-refractivity contribution in [3.05, 3.63) is 52.5 Å². The zero-order valence-electron chi connectivity index (χ0n) is 9.54. The summed E-state index contributed by atoms with van der Waals surface area (Å²) in [6.45, 7) is 0. The topological polar surface area (TPSA) is 26.0 Å². The Balaban J connectivity index is 2.20. The number of nitrogens with two attached hydrogens (primary N) is 1. The van der Waals surface area contributed by atoms with Crippen LogP contribution in [0.1, 0.15) is 17.5 Å². The predicted octanol–water partition coefficient (Wildman–Crippen LogP) is 4.08. The summed E-state index contributed by atoms with van der Waals surface area (Å²) in [5.41, 5.74) is 12.2. The highest BCUT2D eigenvalue weighted by Gasteiger charge is 2.17. The van der Waals surface area contributed by atoms with Gasteiger partial charge in [0.15, 0.2) is 0 Å². The molecular weight excluding hydrogens is 230 g/mol. The molecule has 0 radical (unpaired) electrons. The summed E-state index contributed by atoms with van der Waals surface area (Å²) in [5.74, 6) is 0. The second-order valence-electron chi connectivity index (χ2n) is 4.53. The third kappa shape index (κ3) is 1.81. The van der Waals surface area contributed by atoms with Crippen LogP contribution in [0, 0.1) is 0 Å². The van der Waals surface area contributed by atoms with Gasteiger partial charge in [0.05, 0.1) is 0 Å². The molecule has 0 unspecified atom stereocenters. The van der Waals surface area contributed by atoms with Gasteiger partial charge in [-0.2, -0.15) is 0 Å². The molecule has 0 bridgehead atoms. The number of rotatable bonds is 1. The lowest BCUT2D eigenvalue weighted by Crippen LogP contribution is -1.95. The molecule has 3 rings (SSSR count). The normalized spacial score (nSPS) is 13.7. The molecule has 0 saturated carbocycles. The van der Waals surface area contributed by atoms with Gasteiger partial charge in [-0.3, -0.25) is 0 Å². The van der Waals surface area contributed by atoms with Crippen molar-refractivity contribution in [1.82, 2.24) is 0 Å². The third-order valence-electron chi connectivity index (χ3n) is 3.45. The van der Waals surface area contributed by atoms with E-state index in [0.717, 1.165) is 17.1 Å². The Labute approximate surface area is 106 Å². The molecule has 2 heteroatoms. The molecule has 0 atom stereocenters. The first-order valence-corrected chi connectivity index (χ1v) is 6.29. The van der Waals surface area contributed by atoms with Crippen LogP contribution in [0.2, 0.25) is 5.02 Å². The minimum atomic E-state index is 0.764. The minimum Gasteiger partial charge on any atom is -0.398 e. The Hall–Kier alpha value is -1.47. The summed E-state index contributed by atoms with van der Waals surface area (Å²) in [6.07, 6.45) is 3.55. The van der Waals surface area contributed by atoms with Gasteiger partial charge >= 0.3 is 0 Å². The van der Waals surface area contributed by atoms with Crippen LogP contribution in [0.25, 0.3) is 11.1 Å². The summed E-state index contributed by atoms with van der Waals surface area (Å²) >= 11 is 5.92.